The van der Waals surface area contributed by atoms with Crippen molar-refractivity contribution in [2.45, 2.75) is 46.1 Å². The minimum absolute atomic E-state index is 0.198. The number of hydrogen-bond donors (Lipinski definition) is 0. The van der Waals surface area contributed by atoms with Crippen LogP contribution in [0.4, 0.5) is 0 Å². The van der Waals surface area contributed by atoms with Crippen molar-refractivity contribution < 1.29 is 4.79 Å². The highest BCUT2D eigenvalue weighted by Crippen LogP contribution is 2.24. The molecule has 1 aromatic rings. The van der Waals surface area contributed by atoms with Gasteiger partial charge in [0, 0.05) is 18.2 Å². The highest BCUT2D eigenvalue weighted by Gasteiger charge is 2.26. The minimum Gasteiger partial charge on any atom is -0.336 e. The molecular formula is C15H21NO. The summed E-state index contributed by atoms with van der Waals surface area (Å²) in [6, 6.07) is 6.65. The van der Waals surface area contributed by atoms with E-state index in [0.29, 0.717) is 12.0 Å². The fourth-order valence-electron chi connectivity index (χ4n) is 2.36. The van der Waals surface area contributed by atoms with Gasteiger partial charge in [0.1, 0.15) is 0 Å². The van der Waals surface area contributed by atoms with E-state index in [2.05, 4.69) is 45.9 Å². The van der Waals surface area contributed by atoms with Gasteiger partial charge in [-0.25, -0.2) is 0 Å². The van der Waals surface area contributed by atoms with Crippen molar-refractivity contribution in [1.82, 2.24) is 4.90 Å². The predicted octanol–water partition coefficient (Wildman–Crippen LogP) is 3.22. The zero-order valence-corrected chi connectivity index (χ0v) is 11.2. The van der Waals surface area contributed by atoms with Crippen molar-refractivity contribution in [3.05, 3.63) is 34.9 Å². The van der Waals surface area contributed by atoms with Gasteiger partial charge < -0.3 is 4.90 Å². The number of fused-ring (bicyclic) bond motifs is 1. The van der Waals surface area contributed by atoms with Gasteiger partial charge in [0.2, 0.25) is 0 Å². The van der Waals surface area contributed by atoms with Gasteiger partial charge in [-0.05, 0) is 43.4 Å². The number of carbonyl (C=O) groups excluding carboxylic acids is 1. The first-order chi connectivity index (χ1) is 8.00. The first-order valence-corrected chi connectivity index (χ1v) is 6.44. The SMILES string of the molecule is CC(C)c1ccc2c(c1)C(=O)N(C(C)C)CC2. The summed E-state index contributed by atoms with van der Waals surface area (Å²) >= 11 is 0. The molecule has 17 heavy (non-hydrogen) atoms. The summed E-state index contributed by atoms with van der Waals surface area (Å²) in [5.74, 6) is 0.672. The Morgan fingerprint density at radius 3 is 2.47 bits per heavy atom. The molecule has 0 N–H and O–H groups in total. The normalized spacial score (nSPS) is 15.6. The Morgan fingerprint density at radius 1 is 1.18 bits per heavy atom. The Labute approximate surface area is 104 Å². The van der Waals surface area contributed by atoms with E-state index in [1.807, 2.05) is 4.90 Å². The third kappa shape index (κ3) is 2.21. The maximum atomic E-state index is 12.4. The zero-order valence-electron chi connectivity index (χ0n) is 11.2. The molecule has 0 aliphatic carbocycles. The molecule has 1 aromatic carbocycles. The van der Waals surface area contributed by atoms with Crippen LogP contribution in [-0.2, 0) is 6.42 Å². The molecule has 1 heterocycles. The summed E-state index contributed by atoms with van der Waals surface area (Å²) in [5, 5.41) is 0. The standard InChI is InChI=1S/C15H21NO/c1-10(2)13-6-5-12-7-8-16(11(3)4)15(17)14(12)9-13/h5-6,9-11H,7-8H2,1-4H3. The number of hydrogen-bond acceptors (Lipinski definition) is 1. The molecule has 0 saturated heterocycles. The molecule has 0 aromatic heterocycles. The number of amides is 1. The van der Waals surface area contributed by atoms with Crippen molar-refractivity contribution >= 4 is 5.91 Å². The van der Waals surface area contributed by atoms with E-state index >= 15 is 0 Å². The van der Waals surface area contributed by atoms with Crippen LogP contribution in [0.25, 0.3) is 0 Å². The van der Waals surface area contributed by atoms with Crippen LogP contribution >= 0.6 is 0 Å². The lowest BCUT2D eigenvalue weighted by Crippen LogP contribution is -2.42. The Morgan fingerprint density at radius 2 is 1.88 bits per heavy atom. The van der Waals surface area contributed by atoms with E-state index in [0.717, 1.165) is 18.5 Å². The van der Waals surface area contributed by atoms with Crippen LogP contribution in [0.1, 0.15) is 55.1 Å². The van der Waals surface area contributed by atoms with E-state index in [9.17, 15) is 4.79 Å². The molecule has 2 rings (SSSR count). The maximum absolute atomic E-state index is 12.4. The Hall–Kier alpha value is -1.31. The molecule has 1 aliphatic heterocycles. The van der Waals surface area contributed by atoms with Gasteiger partial charge in [-0.15, -0.1) is 0 Å². The minimum atomic E-state index is 0.198. The summed E-state index contributed by atoms with van der Waals surface area (Å²) in [5.41, 5.74) is 3.37. The van der Waals surface area contributed by atoms with E-state index in [4.69, 9.17) is 0 Å². The second-order valence-electron chi connectivity index (χ2n) is 5.41. The van der Waals surface area contributed by atoms with E-state index in [1.165, 1.54) is 11.1 Å². The van der Waals surface area contributed by atoms with Crippen molar-refractivity contribution in [1.29, 1.82) is 0 Å². The molecule has 0 spiro atoms. The molecular weight excluding hydrogens is 210 g/mol. The number of benzene rings is 1. The fourth-order valence-corrected chi connectivity index (χ4v) is 2.36. The molecule has 0 atom stereocenters. The summed E-state index contributed by atoms with van der Waals surface area (Å²) in [6.07, 6.45) is 0.984. The largest absolute Gasteiger partial charge is 0.336 e. The van der Waals surface area contributed by atoms with Gasteiger partial charge in [0.25, 0.3) is 5.91 Å². The van der Waals surface area contributed by atoms with Crippen molar-refractivity contribution in [2.24, 2.45) is 0 Å². The molecule has 0 unspecified atom stereocenters. The van der Waals surface area contributed by atoms with Gasteiger partial charge in [0.15, 0.2) is 0 Å². The first kappa shape index (κ1) is 12.2. The van der Waals surface area contributed by atoms with Crippen LogP contribution in [0.3, 0.4) is 0 Å². The predicted molar refractivity (Wildman–Crippen MR) is 70.4 cm³/mol. The maximum Gasteiger partial charge on any atom is 0.254 e. The molecule has 0 radical (unpaired) electrons. The van der Waals surface area contributed by atoms with Gasteiger partial charge in [-0.3, -0.25) is 4.79 Å². The Balaban J connectivity index is 2.40. The average Bonchev–Trinajstić information content (AvgIpc) is 2.28. The Kier molecular flexibility index (Phi) is 3.23. The van der Waals surface area contributed by atoms with Gasteiger partial charge in [0.05, 0.1) is 0 Å². The highest BCUT2D eigenvalue weighted by atomic mass is 16.2. The van der Waals surface area contributed by atoms with Crippen LogP contribution < -0.4 is 0 Å². The summed E-state index contributed by atoms with van der Waals surface area (Å²) < 4.78 is 0. The average molecular weight is 231 g/mol. The molecule has 0 saturated carbocycles. The van der Waals surface area contributed by atoms with Crippen LogP contribution in [-0.4, -0.2) is 23.4 Å². The summed E-state index contributed by atoms with van der Waals surface area (Å²) in [6.45, 7) is 9.33. The second-order valence-corrected chi connectivity index (χ2v) is 5.41. The molecule has 1 amide bonds. The lowest BCUT2D eigenvalue weighted by Gasteiger charge is -2.32. The van der Waals surface area contributed by atoms with Crippen LogP contribution in [0.2, 0.25) is 0 Å². The molecule has 0 fully saturated rings. The lowest BCUT2D eigenvalue weighted by molar-refractivity contribution is 0.0688. The van der Waals surface area contributed by atoms with Crippen molar-refractivity contribution in [2.75, 3.05) is 6.54 Å². The molecule has 2 nitrogen and oxygen atoms in total. The van der Waals surface area contributed by atoms with Crippen LogP contribution in [0.5, 0.6) is 0 Å². The topological polar surface area (TPSA) is 20.3 Å². The van der Waals surface area contributed by atoms with Crippen molar-refractivity contribution in [3.63, 3.8) is 0 Å². The number of carbonyl (C=O) groups is 1. The fraction of sp³-hybridized carbons (Fsp3) is 0.533. The van der Waals surface area contributed by atoms with Gasteiger partial charge in [-0.2, -0.15) is 0 Å². The van der Waals surface area contributed by atoms with Crippen LogP contribution in [0, 0.1) is 0 Å². The van der Waals surface area contributed by atoms with Gasteiger partial charge >= 0.3 is 0 Å². The van der Waals surface area contributed by atoms with E-state index in [1.54, 1.807) is 0 Å². The highest BCUT2D eigenvalue weighted by molar-refractivity contribution is 5.97. The number of nitrogens with zero attached hydrogens (tertiary/aromatic N) is 1. The molecule has 92 valence electrons. The summed E-state index contributed by atoms with van der Waals surface area (Å²) in [7, 11) is 0. The quantitative estimate of drug-likeness (QED) is 0.765. The molecule has 1 aliphatic rings. The molecule has 0 bridgehead atoms. The zero-order chi connectivity index (χ0) is 12.6. The monoisotopic (exact) mass is 231 g/mol. The first-order valence-electron chi connectivity index (χ1n) is 6.44. The van der Waals surface area contributed by atoms with Gasteiger partial charge in [-0.1, -0.05) is 26.0 Å². The third-order valence-corrected chi connectivity index (χ3v) is 3.54. The third-order valence-electron chi connectivity index (χ3n) is 3.54. The van der Waals surface area contributed by atoms with Crippen molar-refractivity contribution in [3.8, 4) is 0 Å². The lowest BCUT2D eigenvalue weighted by atomic mass is 9.92. The smallest absolute Gasteiger partial charge is 0.254 e. The van der Waals surface area contributed by atoms with E-state index in [-0.39, 0.29) is 5.91 Å². The summed E-state index contributed by atoms with van der Waals surface area (Å²) in [4.78, 5) is 14.3. The second kappa shape index (κ2) is 4.52. The van der Waals surface area contributed by atoms with E-state index < -0.39 is 0 Å². The molecule has 2 heteroatoms. The van der Waals surface area contributed by atoms with Crippen LogP contribution in [0.15, 0.2) is 18.2 Å². The Bertz CT molecular complexity index is 435. The number of rotatable bonds is 2.